The number of hydrazone groups is 1. The van der Waals surface area contributed by atoms with E-state index in [0.29, 0.717) is 17.1 Å². The summed E-state index contributed by atoms with van der Waals surface area (Å²) in [5.74, 6) is 2.19. The van der Waals surface area contributed by atoms with Gasteiger partial charge in [-0.05, 0) is 66.7 Å². The summed E-state index contributed by atoms with van der Waals surface area (Å²) in [5.41, 5.74) is 3.87. The first-order valence-electron chi connectivity index (χ1n) is 7.16. The van der Waals surface area contributed by atoms with Crippen LogP contribution in [0.3, 0.4) is 0 Å². The van der Waals surface area contributed by atoms with Crippen LogP contribution in [0.25, 0.3) is 0 Å². The van der Waals surface area contributed by atoms with E-state index in [1.54, 1.807) is 13.3 Å². The first-order valence-corrected chi connectivity index (χ1v) is 7.57. The van der Waals surface area contributed by atoms with E-state index in [9.17, 15) is 0 Å². The molecule has 1 saturated carbocycles. The van der Waals surface area contributed by atoms with Crippen molar-refractivity contribution in [3.8, 4) is 5.75 Å². The van der Waals surface area contributed by atoms with Crippen molar-refractivity contribution >= 4 is 23.5 Å². The third kappa shape index (κ3) is 3.42. The average Bonchev–Trinajstić information content (AvgIpc) is 3.10. The molecule has 0 aliphatic heterocycles. The summed E-state index contributed by atoms with van der Waals surface area (Å²) in [6.45, 7) is 0. The first-order chi connectivity index (χ1) is 10.2. The van der Waals surface area contributed by atoms with E-state index in [2.05, 4.69) is 28.0 Å². The van der Waals surface area contributed by atoms with Crippen molar-refractivity contribution in [3.05, 3.63) is 42.0 Å². The second-order valence-electron chi connectivity index (χ2n) is 5.50. The highest BCUT2D eigenvalue weighted by atomic mass is 32.1. The highest BCUT2D eigenvalue weighted by Crippen LogP contribution is 2.38. The first kappa shape index (κ1) is 14.1. The molecule has 3 rings (SSSR count). The van der Waals surface area contributed by atoms with Gasteiger partial charge in [0.2, 0.25) is 0 Å². The summed E-state index contributed by atoms with van der Waals surface area (Å²) in [6.07, 6.45) is 8.80. The van der Waals surface area contributed by atoms with Crippen molar-refractivity contribution < 1.29 is 4.74 Å². The number of hydrogen-bond donors (Lipinski definition) is 2. The third-order valence-corrected chi connectivity index (χ3v) is 4.30. The Morgan fingerprint density at radius 1 is 1.29 bits per heavy atom. The Hall–Kier alpha value is -1.88. The zero-order valence-corrected chi connectivity index (χ0v) is 12.8. The van der Waals surface area contributed by atoms with E-state index in [1.165, 1.54) is 12.8 Å². The number of nitrogens with one attached hydrogen (secondary N) is 2. The van der Waals surface area contributed by atoms with Crippen LogP contribution in [0.1, 0.15) is 18.4 Å². The second-order valence-corrected chi connectivity index (χ2v) is 5.91. The lowest BCUT2D eigenvalue weighted by atomic mass is 10.0. The Labute approximate surface area is 130 Å². The van der Waals surface area contributed by atoms with Crippen molar-refractivity contribution in [2.24, 2.45) is 16.9 Å². The lowest BCUT2D eigenvalue weighted by Crippen LogP contribution is -2.42. The summed E-state index contributed by atoms with van der Waals surface area (Å²) >= 11 is 5.28. The number of thiocarbonyl (C=S) groups is 1. The fourth-order valence-electron chi connectivity index (χ4n) is 3.00. The molecule has 1 fully saturated rings. The zero-order chi connectivity index (χ0) is 14.7. The summed E-state index contributed by atoms with van der Waals surface area (Å²) in [7, 11) is 1.65. The predicted molar refractivity (Wildman–Crippen MR) is 88.6 cm³/mol. The number of nitrogens with zero attached hydrogens (tertiary/aromatic N) is 1. The van der Waals surface area contributed by atoms with Gasteiger partial charge < -0.3 is 10.1 Å². The third-order valence-electron chi connectivity index (χ3n) is 4.09. The smallest absolute Gasteiger partial charge is 0.187 e. The largest absolute Gasteiger partial charge is 0.497 e. The molecule has 5 heteroatoms. The maximum absolute atomic E-state index is 5.28. The monoisotopic (exact) mass is 301 g/mol. The van der Waals surface area contributed by atoms with E-state index in [4.69, 9.17) is 17.0 Å². The van der Waals surface area contributed by atoms with E-state index < -0.39 is 0 Å². The van der Waals surface area contributed by atoms with Crippen LogP contribution >= 0.6 is 12.2 Å². The number of hydrogen-bond acceptors (Lipinski definition) is 3. The molecule has 21 heavy (non-hydrogen) atoms. The van der Waals surface area contributed by atoms with Gasteiger partial charge in [0.25, 0.3) is 0 Å². The van der Waals surface area contributed by atoms with Gasteiger partial charge in [0.15, 0.2) is 5.11 Å². The molecular formula is C16H19N3OS. The van der Waals surface area contributed by atoms with Crippen LogP contribution in [-0.4, -0.2) is 24.5 Å². The Morgan fingerprint density at radius 2 is 2.10 bits per heavy atom. The lowest BCUT2D eigenvalue weighted by Gasteiger charge is -2.20. The molecule has 0 aromatic heterocycles. The van der Waals surface area contributed by atoms with Gasteiger partial charge in [-0.3, -0.25) is 5.43 Å². The molecule has 0 spiro atoms. The molecule has 0 saturated heterocycles. The minimum Gasteiger partial charge on any atom is -0.497 e. The van der Waals surface area contributed by atoms with Crippen LogP contribution in [0, 0.1) is 11.8 Å². The van der Waals surface area contributed by atoms with Crippen LogP contribution < -0.4 is 15.5 Å². The van der Waals surface area contributed by atoms with Gasteiger partial charge in [-0.1, -0.05) is 12.2 Å². The molecule has 3 atom stereocenters. The number of benzene rings is 1. The number of allylic oxidation sites excluding steroid dienone is 1. The number of rotatable bonds is 4. The number of ether oxygens (including phenoxy) is 1. The molecule has 0 amide bonds. The van der Waals surface area contributed by atoms with Crippen LogP contribution in [0.15, 0.2) is 41.5 Å². The molecule has 0 heterocycles. The quantitative estimate of drug-likeness (QED) is 0.388. The van der Waals surface area contributed by atoms with E-state index in [1.807, 2.05) is 24.3 Å². The van der Waals surface area contributed by atoms with E-state index in [0.717, 1.165) is 17.2 Å². The van der Waals surface area contributed by atoms with Crippen molar-refractivity contribution in [1.82, 2.24) is 10.7 Å². The zero-order valence-electron chi connectivity index (χ0n) is 12.0. The van der Waals surface area contributed by atoms with Crippen LogP contribution in [0.5, 0.6) is 5.75 Å². The SMILES string of the molecule is COc1ccc(C=NNC(=S)NC2CC3C=CC2C3)cc1. The molecule has 4 nitrogen and oxygen atoms in total. The fourth-order valence-corrected chi connectivity index (χ4v) is 3.21. The van der Waals surface area contributed by atoms with Crippen molar-refractivity contribution in [2.45, 2.75) is 18.9 Å². The molecule has 3 unspecified atom stereocenters. The lowest BCUT2D eigenvalue weighted by molar-refractivity contribution is 0.415. The van der Waals surface area contributed by atoms with Gasteiger partial charge in [0.05, 0.1) is 13.3 Å². The summed E-state index contributed by atoms with van der Waals surface area (Å²) in [4.78, 5) is 0. The van der Waals surface area contributed by atoms with Crippen molar-refractivity contribution in [2.75, 3.05) is 7.11 Å². The summed E-state index contributed by atoms with van der Waals surface area (Å²) in [6, 6.07) is 8.15. The maximum atomic E-state index is 5.28. The normalized spacial score (nSPS) is 26.2. The molecule has 2 aliphatic rings. The molecular weight excluding hydrogens is 282 g/mol. The van der Waals surface area contributed by atoms with Crippen molar-refractivity contribution in [1.29, 1.82) is 0 Å². The Bertz CT molecular complexity index is 567. The van der Waals surface area contributed by atoms with Crippen LogP contribution in [0.4, 0.5) is 0 Å². The highest BCUT2D eigenvalue weighted by Gasteiger charge is 2.35. The summed E-state index contributed by atoms with van der Waals surface area (Å²) < 4.78 is 5.11. The van der Waals surface area contributed by atoms with Gasteiger partial charge in [0, 0.05) is 6.04 Å². The van der Waals surface area contributed by atoms with Gasteiger partial charge in [-0.15, -0.1) is 0 Å². The Balaban J connectivity index is 1.46. The van der Waals surface area contributed by atoms with Gasteiger partial charge in [-0.25, -0.2) is 0 Å². The molecule has 2 bridgehead atoms. The van der Waals surface area contributed by atoms with Gasteiger partial charge in [0.1, 0.15) is 5.75 Å². The number of methoxy groups -OCH3 is 1. The summed E-state index contributed by atoms with van der Waals surface area (Å²) in [5, 5.41) is 8.10. The molecule has 2 aliphatic carbocycles. The van der Waals surface area contributed by atoms with Gasteiger partial charge >= 0.3 is 0 Å². The Kier molecular flexibility index (Phi) is 4.20. The average molecular weight is 301 g/mol. The molecule has 2 N–H and O–H groups in total. The molecule has 110 valence electrons. The van der Waals surface area contributed by atoms with Crippen molar-refractivity contribution in [3.63, 3.8) is 0 Å². The molecule has 1 aromatic rings. The van der Waals surface area contributed by atoms with Crippen LogP contribution in [-0.2, 0) is 0 Å². The molecule has 1 aromatic carbocycles. The fraction of sp³-hybridized carbons (Fsp3) is 0.375. The maximum Gasteiger partial charge on any atom is 0.187 e. The second kappa shape index (κ2) is 6.26. The Morgan fingerprint density at radius 3 is 2.71 bits per heavy atom. The number of fused-ring (bicyclic) bond motifs is 2. The minimum absolute atomic E-state index is 0.455. The topological polar surface area (TPSA) is 45.6 Å². The van der Waals surface area contributed by atoms with E-state index in [-0.39, 0.29) is 0 Å². The van der Waals surface area contributed by atoms with Crippen LogP contribution in [0.2, 0.25) is 0 Å². The predicted octanol–water partition coefficient (Wildman–Crippen LogP) is 2.46. The molecule has 0 radical (unpaired) electrons. The minimum atomic E-state index is 0.455. The highest BCUT2D eigenvalue weighted by molar-refractivity contribution is 7.80. The van der Waals surface area contributed by atoms with E-state index >= 15 is 0 Å². The standard InChI is InChI=1S/C16H19N3OS/c1-20-14-6-3-11(4-7-14)10-17-19-16(21)18-15-9-12-2-5-13(15)8-12/h2-7,10,12-13,15H,8-9H2,1H3,(H2,18,19,21). The van der Waals surface area contributed by atoms with Gasteiger partial charge in [-0.2, -0.15) is 5.10 Å².